The summed E-state index contributed by atoms with van der Waals surface area (Å²) in [4.78, 5) is 32.0. The monoisotopic (exact) mass is 305 g/mol. The normalized spacial score (nSPS) is 10.2. The molecular weight excluding hydrogens is 294 g/mol. The summed E-state index contributed by atoms with van der Waals surface area (Å²) >= 11 is 0. The molecular formula is C12H11N5O5. The number of amides is 1. The van der Waals surface area contributed by atoms with Crippen LogP contribution in [-0.4, -0.2) is 25.5 Å². The van der Waals surface area contributed by atoms with Gasteiger partial charge in [-0.2, -0.15) is 5.10 Å². The van der Waals surface area contributed by atoms with E-state index in [2.05, 4.69) is 10.4 Å². The molecule has 1 aromatic heterocycles. The molecule has 0 atom stereocenters. The van der Waals surface area contributed by atoms with E-state index in [9.17, 15) is 25.0 Å². The number of rotatable bonds is 5. The lowest BCUT2D eigenvalue weighted by atomic mass is 10.3. The molecule has 0 saturated heterocycles. The smallest absolute Gasteiger partial charge is 0.309 e. The van der Waals surface area contributed by atoms with Crippen LogP contribution in [0, 0.1) is 27.2 Å². The molecule has 0 aliphatic carbocycles. The topological polar surface area (TPSA) is 133 Å². The second-order valence-corrected chi connectivity index (χ2v) is 4.38. The Balaban J connectivity index is 2.04. The van der Waals surface area contributed by atoms with Crippen molar-refractivity contribution in [1.82, 2.24) is 9.78 Å². The van der Waals surface area contributed by atoms with Crippen molar-refractivity contribution < 1.29 is 14.6 Å². The molecule has 10 nitrogen and oxygen atoms in total. The Morgan fingerprint density at radius 2 is 1.86 bits per heavy atom. The van der Waals surface area contributed by atoms with Crippen LogP contribution in [0.15, 0.2) is 30.5 Å². The molecule has 0 bridgehead atoms. The van der Waals surface area contributed by atoms with Crippen LogP contribution in [0.5, 0.6) is 0 Å². The number of carbonyl (C=O) groups excluding carboxylic acids is 1. The van der Waals surface area contributed by atoms with E-state index in [1.165, 1.54) is 35.9 Å². The zero-order valence-corrected chi connectivity index (χ0v) is 11.4. The van der Waals surface area contributed by atoms with Gasteiger partial charge in [-0.25, -0.2) is 0 Å². The van der Waals surface area contributed by atoms with Gasteiger partial charge < -0.3 is 5.32 Å². The summed E-state index contributed by atoms with van der Waals surface area (Å²) in [5, 5.41) is 27.5. The Bertz CT molecular complexity index is 737. The van der Waals surface area contributed by atoms with Crippen molar-refractivity contribution in [3.05, 3.63) is 56.4 Å². The predicted octanol–water partition coefficient (Wildman–Crippen LogP) is 1.65. The van der Waals surface area contributed by atoms with Crippen molar-refractivity contribution in [3.63, 3.8) is 0 Å². The first kappa shape index (κ1) is 15.1. The largest absolute Gasteiger partial charge is 0.324 e. The van der Waals surface area contributed by atoms with Crippen LogP contribution < -0.4 is 5.32 Å². The van der Waals surface area contributed by atoms with Crippen molar-refractivity contribution >= 4 is 23.0 Å². The Morgan fingerprint density at radius 1 is 1.23 bits per heavy atom. The molecule has 0 aliphatic rings. The number of nitro groups is 2. The summed E-state index contributed by atoms with van der Waals surface area (Å²) in [7, 11) is 0. The van der Waals surface area contributed by atoms with Crippen molar-refractivity contribution in [2.75, 3.05) is 5.32 Å². The van der Waals surface area contributed by atoms with Gasteiger partial charge in [-0.1, -0.05) is 0 Å². The van der Waals surface area contributed by atoms with Crippen molar-refractivity contribution in [2.45, 2.75) is 13.5 Å². The number of nitrogens with zero attached hydrogens (tertiary/aromatic N) is 4. The maximum atomic E-state index is 11.9. The molecule has 22 heavy (non-hydrogen) atoms. The molecule has 0 aliphatic heterocycles. The molecule has 1 amide bonds. The van der Waals surface area contributed by atoms with Gasteiger partial charge >= 0.3 is 5.69 Å². The molecule has 2 rings (SSSR count). The molecule has 0 spiro atoms. The summed E-state index contributed by atoms with van der Waals surface area (Å²) in [5.41, 5.74) is 0.401. The fourth-order valence-electron chi connectivity index (χ4n) is 1.78. The summed E-state index contributed by atoms with van der Waals surface area (Å²) in [6, 6.07) is 5.32. The minimum Gasteiger partial charge on any atom is -0.324 e. The van der Waals surface area contributed by atoms with Crippen molar-refractivity contribution in [1.29, 1.82) is 0 Å². The van der Waals surface area contributed by atoms with Gasteiger partial charge in [0.25, 0.3) is 5.69 Å². The Morgan fingerprint density at radius 3 is 2.36 bits per heavy atom. The lowest BCUT2D eigenvalue weighted by molar-refractivity contribution is -0.385. The number of nitro benzene ring substituents is 1. The van der Waals surface area contributed by atoms with Gasteiger partial charge in [-0.3, -0.25) is 29.7 Å². The van der Waals surface area contributed by atoms with Gasteiger partial charge in [0.15, 0.2) is 0 Å². The molecule has 0 radical (unpaired) electrons. The van der Waals surface area contributed by atoms with E-state index >= 15 is 0 Å². The van der Waals surface area contributed by atoms with Crippen LogP contribution >= 0.6 is 0 Å². The Kier molecular flexibility index (Phi) is 4.11. The minimum absolute atomic E-state index is 0.0865. The van der Waals surface area contributed by atoms with Crippen LogP contribution in [0.25, 0.3) is 0 Å². The van der Waals surface area contributed by atoms with Gasteiger partial charge in [-0.15, -0.1) is 0 Å². The lowest BCUT2D eigenvalue weighted by Gasteiger charge is -2.06. The second-order valence-electron chi connectivity index (χ2n) is 4.38. The number of nitrogens with one attached hydrogen (secondary N) is 1. The molecule has 1 aromatic carbocycles. The van der Waals surface area contributed by atoms with Crippen LogP contribution in [0.2, 0.25) is 0 Å². The quantitative estimate of drug-likeness (QED) is 0.659. The number of hydrogen-bond acceptors (Lipinski definition) is 6. The number of non-ortho nitro benzene ring substituents is 1. The van der Waals surface area contributed by atoms with E-state index < -0.39 is 15.8 Å². The highest BCUT2D eigenvalue weighted by Gasteiger charge is 2.17. The molecule has 0 saturated carbocycles. The van der Waals surface area contributed by atoms with E-state index in [0.29, 0.717) is 5.69 Å². The first-order valence-corrected chi connectivity index (χ1v) is 6.09. The lowest BCUT2D eigenvalue weighted by Crippen LogP contribution is -2.20. The maximum absolute atomic E-state index is 11.9. The second kappa shape index (κ2) is 5.99. The van der Waals surface area contributed by atoms with Crippen LogP contribution in [-0.2, 0) is 11.3 Å². The molecule has 114 valence electrons. The van der Waals surface area contributed by atoms with E-state index in [4.69, 9.17) is 0 Å². The third-order valence-electron chi connectivity index (χ3n) is 2.93. The van der Waals surface area contributed by atoms with Crippen molar-refractivity contribution in [2.24, 2.45) is 0 Å². The van der Waals surface area contributed by atoms with Gasteiger partial charge in [0.2, 0.25) is 5.91 Å². The number of carbonyl (C=O) groups is 1. The first-order chi connectivity index (χ1) is 10.4. The summed E-state index contributed by atoms with van der Waals surface area (Å²) < 4.78 is 1.21. The van der Waals surface area contributed by atoms with E-state index in [0.717, 1.165) is 6.20 Å². The van der Waals surface area contributed by atoms with Gasteiger partial charge in [0.05, 0.1) is 9.85 Å². The van der Waals surface area contributed by atoms with E-state index in [1.54, 1.807) is 0 Å². The number of hydrogen-bond donors (Lipinski definition) is 1. The van der Waals surface area contributed by atoms with Gasteiger partial charge in [0, 0.05) is 17.8 Å². The fourth-order valence-corrected chi connectivity index (χ4v) is 1.78. The predicted molar refractivity (Wildman–Crippen MR) is 75.3 cm³/mol. The standard InChI is InChI=1S/C12H11N5O5/c1-8-11(17(21)22)6-13-15(8)7-12(18)14-9-2-4-10(5-3-9)16(19)20/h2-6H,7H2,1H3,(H,14,18). The summed E-state index contributed by atoms with van der Waals surface area (Å²) in [6.45, 7) is 1.29. The first-order valence-electron chi connectivity index (χ1n) is 6.09. The molecule has 1 N–H and O–H groups in total. The Hall–Kier alpha value is -3.30. The summed E-state index contributed by atoms with van der Waals surface area (Å²) in [5.74, 6) is -0.449. The van der Waals surface area contributed by atoms with Gasteiger partial charge in [0.1, 0.15) is 18.4 Å². The van der Waals surface area contributed by atoms with Crippen LogP contribution in [0.3, 0.4) is 0 Å². The average Bonchev–Trinajstić information content (AvgIpc) is 2.80. The van der Waals surface area contributed by atoms with E-state index in [1.807, 2.05) is 0 Å². The third kappa shape index (κ3) is 3.23. The molecule has 1 heterocycles. The highest BCUT2D eigenvalue weighted by Crippen LogP contribution is 2.17. The number of aromatic nitrogens is 2. The fraction of sp³-hybridized carbons (Fsp3) is 0.167. The molecule has 10 heteroatoms. The maximum Gasteiger partial charge on any atom is 0.309 e. The third-order valence-corrected chi connectivity index (χ3v) is 2.93. The Labute approximate surface area is 123 Å². The van der Waals surface area contributed by atoms with Crippen LogP contribution in [0.1, 0.15) is 5.69 Å². The molecule has 2 aromatic rings. The molecule has 0 fully saturated rings. The number of anilines is 1. The zero-order chi connectivity index (χ0) is 16.3. The number of benzene rings is 1. The van der Waals surface area contributed by atoms with Crippen LogP contribution in [0.4, 0.5) is 17.1 Å². The van der Waals surface area contributed by atoms with Crippen molar-refractivity contribution in [3.8, 4) is 0 Å². The average molecular weight is 305 g/mol. The molecule has 0 unspecified atom stereocenters. The highest BCUT2D eigenvalue weighted by atomic mass is 16.6. The zero-order valence-electron chi connectivity index (χ0n) is 11.4. The highest BCUT2D eigenvalue weighted by molar-refractivity contribution is 5.90. The van der Waals surface area contributed by atoms with E-state index in [-0.39, 0.29) is 23.6 Å². The minimum atomic E-state index is -0.576. The SMILES string of the molecule is Cc1c([N+](=O)[O-])cnn1CC(=O)Nc1ccc([N+](=O)[O-])cc1. The summed E-state index contributed by atoms with van der Waals surface area (Å²) in [6.07, 6.45) is 1.08. The van der Waals surface area contributed by atoms with Gasteiger partial charge in [-0.05, 0) is 19.1 Å².